The van der Waals surface area contributed by atoms with Crippen LogP contribution in [0.2, 0.25) is 0 Å². The minimum atomic E-state index is -5.13. The lowest BCUT2D eigenvalue weighted by atomic mass is 10.1. The Hall–Kier alpha value is -3.88. The van der Waals surface area contributed by atoms with Crippen LogP contribution in [-0.4, -0.2) is 64.8 Å². The molecular formula is C19H13F6N7O2. The summed E-state index contributed by atoms with van der Waals surface area (Å²) in [7, 11) is 0. The van der Waals surface area contributed by atoms with E-state index in [9.17, 15) is 36.2 Å². The molecule has 1 fully saturated rings. The first-order valence-corrected chi connectivity index (χ1v) is 9.44. The van der Waals surface area contributed by atoms with E-state index >= 15 is 0 Å². The molecule has 0 spiro atoms. The van der Waals surface area contributed by atoms with Gasteiger partial charge < -0.3 is 10.0 Å². The first kappa shape index (κ1) is 23.3. The fourth-order valence-corrected chi connectivity index (χ4v) is 3.03. The van der Waals surface area contributed by atoms with Crippen molar-refractivity contribution in [3.05, 3.63) is 54.1 Å². The van der Waals surface area contributed by atoms with E-state index in [2.05, 4.69) is 25.0 Å². The van der Waals surface area contributed by atoms with Crippen molar-refractivity contribution < 1.29 is 36.2 Å². The second-order valence-electron chi connectivity index (χ2n) is 7.20. The van der Waals surface area contributed by atoms with Crippen molar-refractivity contribution in [2.45, 2.75) is 18.5 Å². The van der Waals surface area contributed by atoms with Crippen molar-refractivity contribution in [3.63, 3.8) is 0 Å². The van der Waals surface area contributed by atoms with Gasteiger partial charge in [-0.1, -0.05) is 0 Å². The molecule has 4 heterocycles. The van der Waals surface area contributed by atoms with Gasteiger partial charge in [-0.3, -0.25) is 4.79 Å². The molecule has 3 aromatic heterocycles. The number of rotatable bonds is 4. The molecule has 0 unspecified atom stereocenters. The molecular weight excluding hydrogens is 472 g/mol. The van der Waals surface area contributed by atoms with Crippen LogP contribution in [-0.2, 0) is 17.1 Å². The third-order valence-corrected chi connectivity index (χ3v) is 4.69. The van der Waals surface area contributed by atoms with Gasteiger partial charge in [-0.25, -0.2) is 24.6 Å². The lowest BCUT2D eigenvalue weighted by Gasteiger charge is -2.36. The van der Waals surface area contributed by atoms with Crippen molar-refractivity contribution in [3.8, 4) is 11.4 Å². The summed E-state index contributed by atoms with van der Waals surface area (Å²) in [6.07, 6.45) is -4.85. The molecule has 34 heavy (non-hydrogen) atoms. The standard InChI is InChI=1S/C19H13F6N7O2/c20-18(21,22)14-1-10(2-15(29-14)19(23,24)25)16-28-9-32(30-16)7-13(11-3-26-8-27-4-11)17(34)31-5-12(33)6-31/h1-4,7-9,12,33H,5-6H2/b13-7+. The van der Waals surface area contributed by atoms with E-state index in [1.165, 1.54) is 29.8 Å². The molecule has 0 saturated carbocycles. The quantitative estimate of drug-likeness (QED) is 0.446. The molecule has 0 aliphatic carbocycles. The smallest absolute Gasteiger partial charge is 0.389 e. The predicted octanol–water partition coefficient (Wildman–Crippen LogP) is 2.37. The number of aliphatic hydroxyl groups excluding tert-OH is 1. The first-order chi connectivity index (χ1) is 15.9. The second-order valence-corrected chi connectivity index (χ2v) is 7.20. The first-order valence-electron chi connectivity index (χ1n) is 9.44. The summed E-state index contributed by atoms with van der Waals surface area (Å²) < 4.78 is 79.5. The van der Waals surface area contributed by atoms with Crippen LogP contribution in [0.1, 0.15) is 17.0 Å². The Balaban J connectivity index is 1.74. The van der Waals surface area contributed by atoms with E-state index in [1.807, 2.05) is 0 Å². The third kappa shape index (κ3) is 4.88. The highest BCUT2D eigenvalue weighted by atomic mass is 19.4. The van der Waals surface area contributed by atoms with Gasteiger partial charge in [-0.2, -0.15) is 26.3 Å². The van der Waals surface area contributed by atoms with Crippen molar-refractivity contribution in [2.75, 3.05) is 13.1 Å². The molecule has 0 atom stereocenters. The number of hydrogen-bond donors (Lipinski definition) is 1. The number of pyridine rings is 1. The minimum Gasteiger partial charge on any atom is -0.389 e. The monoisotopic (exact) mass is 485 g/mol. The summed E-state index contributed by atoms with van der Waals surface area (Å²) in [5.41, 5.74) is -3.78. The number of nitrogens with zero attached hydrogens (tertiary/aromatic N) is 7. The molecule has 1 amide bonds. The Bertz CT molecular complexity index is 1200. The highest BCUT2D eigenvalue weighted by Crippen LogP contribution is 2.35. The summed E-state index contributed by atoms with van der Waals surface area (Å²) in [5.74, 6) is -0.968. The Labute approximate surface area is 186 Å². The van der Waals surface area contributed by atoms with Crippen LogP contribution in [0.15, 0.2) is 37.2 Å². The predicted molar refractivity (Wildman–Crippen MR) is 102 cm³/mol. The maximum absolute atomic E-state index is 13.1. The highest BCUT2D eigenvalue weighted by Gasteiger charge is 2.39. The number of alkyl halides is 6. The summed E-state index contributed by atoms with van der Waals surface area (Å²) in [6.45, 7) is 0.174. The van der Waals surface area contributed by atoms with E-state index in [-0.39, 0.29) is 24.2 Å². The van der Waals surface area contributed by atoms with Gasteiger partial charge in [0.25, 0.3) is 5.91 Å². The Kier molecular flexibility index (Phi) is 5.80. The number of likely N-dealkylation sites (tertiary alicyclic amines) is 1. The molecule has 1 saturated heterocycles. The van der Waals surface area contributed by atoms with E-state index in [4.69, 9.17) is 0 Å². The summed E-state index contributed by atoms with van der Waals surface area (Å²) in [6, 6.07) is 0.800. The average molecular weight is 485 g/mol. The molecule has 9 nitrogen and oxygen atoms in total. The van der Waals surface area contributed by atoms with Gasteiger partial charge in [0.05, 0.1) is 11.7 Å². The molecule has 1 aliphatic heterocycles. The molecule has 3 aromatic rings. The molecule has 15 heteroatoms. The normalized spacial score (nSPS) is 15.4. The van der Waals surface area contributed by atoms with Gasteiger partial charge in [0.15, 0.2) is 5.82 Å². The molecule has 0 bridgehead atoms. The van der Waals surface area contributed by atoms with Gasteiger partial charge in [0.2, 0.25) is 0 Å². The summed E-state index contributed by atoms with van der Waals surface area (Å²) >= 11 is 0. The maximum atomic E-state index is 13.1. The number of aromatic nitrogens is 6. The van der Waals surface area contributed by atoms with Crippen molar-refractivity contribution in [2.24, 2.45) is 0 Å². The van der Waals surface area contributed by atoms with Crippen molar-refractivity contribution in [1.82, 2.24) is 34.6 Å². The molecule has 178 valence electrons. The van der Waals surface area contributed by atoms with Crippen LogP contribution in [0.25, 0.3) is 23.2 Å². The Morgan fingerprint density at radius 3 is 2.15 bits per heavy atom. The number of aliphatic hydroxyl groups is 1. The largest absolute Gasteiger partial charge is 0.433 e. The third-order valence-electron chi connectivity index (χ3n) is 4.69. The van der Waals surface area contributed by atoms with Gasteiger partial charge in [0.1, 0.15) is 24.0 Å². The van der Waals surface area contributed by atoms with Crippen LogP contribution in [0, 0.1) is 0 Å². The lowest BCUT2D eigenvalue weighted by molar-refractivity contribution is -0.150. The Morgan fingerprint density at radius 2 is 1.62 bits per heavy atom. The zero-order valence-electron chi connectivity index (χ0n) is 16.8. The average Bonchev–Trinajstić information content (AvgIpc) is 3.23. The zero-order chi connectivity index (χ0) is 24.7. The van der Waals surface area contributed by atoms with E-state index in [0.717, 1.165) is 11.0 Å². The lowest BCUT2D eigenvalue weighted by Crippen LogP contribution is -2.53. The van der Waals surface area contributed by atoms with Gasteiger partial charge in [-0.05, 0) is 12.1 Å². The zero-order valence-corrected chi connectivity index (χ0v) is 16.8. The molecule has 1 N–H and O–H groups in total. The van der Waals surface area contributed by atoms with Crippen molar-refractivity contribution in [1.29, 1.82) is 0 Å². The van der Waals surface area contributed by atoms with Crippen LogP contribution in [0.4, 0.5) is 26.3 Å². The van der Waals surface area contributed by atoms with E-state index in [0.29, 0.717) is 12.1 Å². The SMILES string of the molecule is O=C(/C(=C/n1cnc(-c2cc(C(F)(F)F)nc(C(F)(F)F)c2)n1)c1cncnc1)N1CC(O)C1. The Morgan fingerprint density at radius 1 is 1.03 bits per heavy atom. The van der Waals surface area contributed by atoms with Crippen LogP contribution in [0.3, 0.4) is 0 Å². The number of halogens is 6. The molecule has 4 rings (SSSR count). The van der Waals surface area contributed by atoms with Gasteiger partial charge in [0, 0.05) is 42.8 Å². The second kappa shape index (κ2) is 8.48. The van der Waals surface area contributed by atoms with E-state index in [1.54, 1.807) is 0 Å². The van der Waals surface area contributed by atoms with Crippen LogP contribution >= 0.6 is 0 Å². The fourth-order valence-electron chi connectivity index (χ4n) is 3.03. The number of amides is 1. The summed E-state index contributed by atoms with van der Waals surface area (Å²) in [4.78, 5) is 28.3. The number of carbonyl (C=O) groups is 1. The molecule has 0 aromatic carbocycles. The number of carbonyl (C=O) groups excluding carboxylic acids is 1. The fraction of sp³-hybridized carbons (Fsp3) is 0.263. The molecule has 0 radical (unpaired) electrons. The minimum absolute atomic E-state index is 0.0191. The van der Waals surface area contributed by atoms with Crippen LogP contribution < -0.4 is 0 Å². The van der Waals surface area contributed by atoms with Crippen LogP contribution in [0.5, 0.6) is 0 Å². The van der Waals surface area contributed by atoms with E-state index < -0.39 is 47.1 Å². The maximum Gasteiger partial charge on any atom is 0.433 e. The number of β-amino-alcohol motifs (C(OH)–C–C–N with tert-alkyl or cyclic N) is 1. The van der Waals surface area contributed by atoms with Gasteiger partial charge >= 0.3 is 12.4 Å². The number of hydrogen-bond acceptors (Lipinski definition) is 7. The topological polar surface area (TPSA) is 110 Å². The summed E-state index contributed by atoms with van der Waals surface area (Å²) in [5, 5.41) is 13.4. The van der Waals surface area contributed by atoms with Gasteiger partial charge in [-0.15, -0.1) is 5.10 Å². The molecule has 1 aliphatic rings. The highest BCUT2D eigenvalue weighted by molar-refractivity contribution is 6.23. The van der Waals surface area contributed by atoms with Crippen molar-refractivity contribution >= 4 is 17.7 Å².